The van der Waals surface area contributed by atoms with Crippen LogP contribution in [0.3, 0.4) is 0 Å². The Hall–Kier alpha value is -4.13. The first-order valence-electron chi connectivity index (χ1n) is 15.5. The summed E-state index contributed by atoms with van der Waals surface area (Å²) in [4.78, 5) is 43.6. The zero-order valence-corrected chi connectivity index (χ0v) is 27.5. The third-order valence-electron chi connectivity index (χ3n) is 7.50. The average Bonchev–Trinajstić information content (AvgIpc) is 2.95. The Bertz CT molecular complexity index is 1460. The molecule has 0 spiro atoms. The number of benzene rings is 3. The molecule has 3 atom stereocenters. The predicted molar refractivity (Wildman–Crippen MR) is 180 cm³/mol. The lowest BCUT2D eigenvalue weighted by Crippen LogP contribution is -2.56. The van der Waals surface area contributed by atoms with Crippen LogP contribution in [-0.2, 0) is 14.3 Å². The van der Waals surface area contributed by atoms with Gasteiger partial charge < -0.3 is 20.3 Å². The van der Waals surface area contributed by atoms with Crippen LogP contribution in [0.2, 0.25) is 0 Å². The van der Waals surface area contributed by atoms with Crippen LogP contribution >= 0.6 is 0 Å². The molecule has 0 aliphatic carbocycles. The fourth-order valence-electron chi connectivity index (χ4n) is 5.19. The molecule has 0 radical (unpaired) electrons. The van der Waals surface area contributed by atoms with E-state index < -0.39 is 23.8 Å². The van der Waals surface area contributed by atoms with Crippen LogP contribution in [0.25, 0.3) is 16.8 Å². The highest BCUT2D eigenvalue weighted by Crippen LogP contribution is 2.31. The first-order valence-corrected chi connectivity index (χ1v) is 15.5. The van der Waals surface area contributed by atoms with Crippen LogP contribution in [0, 0.1) is 11.8 Å². The summed E-state index contributed by atoms with van der Waals surface area (Å²) in [5, 5.41) is 7.96. The molecule has 3 aromatic rings. The van der Waals surface area contributed by atoms with Crippen molar-refractivity contribution < 1.29 is 19.1 Å². The normalized spacial score (nSPS) is 13.7. The van der Waals surface area contributed by atoms with Gasteiger partial charge in [-0.2, -0.15) is 0 Å². The first-order chi connectivity index (χ1) is 20.7. The van der Waals surface area contributed by atoms with Crippen molar-refractivity contribution in [1.29, 1.82) is 0 Å². The van der Waals surface area contributed by atoms with Gasteiger partial charge in [0.05, 0.1) is 0 Å². The second-order valence-electron chi connectivity index (χ2n) is 13.3. The number of carbonyl (C=O) groups excluding carboxylic acids is 3. The van der Waals surface area contributed by atoms with Gasteiger partial charge in [-0.3, -0.25) is 9.59 Å². The third-order valence-corrected chi connectivity index (χ3v) is 7.50. The molecule has 3 aromatic carbocycles. The Morgan fingerprint density at radius 2 is 1.57 bits per heavy atom. The van der Waals surface area contributed by atoms with Crippen LogP contribution in [0.1, 0.15) is 85.4 Å². The number of hydrogen-bond acceptors (Lipinski definition) is 4. The highest BCUT2D eigenvalue weighted by atomic mass is 16.6. The summed E-state index contributed by atoms with van der Waals surface area (Å²) in [5.41, 5.74) is 1.39. The second-order valence-corrected chi connectivity index (χ2v) is 13.3. The molecule has 0 aromatic heterocycles. The molecule has 0 saturated carbocycles. The molecule has 2 N–H and O–H groups in total. The Balaban J connectivity index is 2.12. The van der Waals surface area contributed by atoms with E-state index in [0.717, 1.165) is 22.8 Å². The number of nitrogens with one attached hydrogen (secondary N) is 2. The lowest BCUT2D eigenvalue weighted by atomic mass is 9.94. The lowest BCUT2D eigenvalue weighted by Gasteiger charge is -2.39. The van der Waals surface area contributed by atoms with Crippen LogP contribution in [0.15, 0.2) is 73.3 Å². The number of rotatable bonds is 12. The molecule has 0 bridgehead atoms. The molecule has 3 rings (SSSR count). The number of anilines is 1. The van der Waals surface area contributed by atoms with Crippen LogP contribution in [0.4, 0.5) is 10.5 Å². The van der Waals surface area contributed by atoms with Crippen molar-refractivity contribution in [2.75, 3.05) is 5.32 Å². The van der Waals surface area contributed by atoms with Gasteiger partial charge in [-0.1, -0.05) is 88.9 Å². The van der Waals surface area contributed by atoms with Gasteiger partial charge in [-0.15, -0.1) is 0 Å². The van der Waals surface area contributed by atoms with E-state index in [-0.39, 0.29) is 23.8 Å². The largest absolute Gasteiger partial charge is 0.444 e. The van der Waals surface area contributed by atoms with E-state index in [0.29, 0.717) is 23.6 Å². The third kappa shape index (κ3) is 9.43. The topological polar surface area (TPSA) is 87.7 Å². The molecule has 3 amide bonds. The van der Waals surface area contributed by atoms with Gasteiger partial charge in [-0.25, -0.2) is 4.79 Å². The summed E-state index contributed by atoms with van der Waals surface area (Å²) in [6.45, 7) is 19.2. The Morgan fingerprint density at radius 3 is 2.18 bits per heavy atom. The van der Waals surface area contributed by atoms with Crippen LogP contribution in [0.5, 0.6) is 0 Å². The van der Waals surface area contributed by atoms with E-state index in [1.807, 2.05) is 87.5 Å². The number of amides is 3. The van der Waals surface area contributed by atoms with Crippen molar-refractivity contribution in [2.24, 2.45) is 11.8 Å². The Labute approximate surface area is 263 Å². The summed E-state index contributed by atoms with van der Waals surface area (Å²) < 4.78 is 5.51. The molecule has 0 fully saturated rings. The maximum atomic E-state index is 14.6. The fourth-order valence-corrected chi connectivity index (χ4v) is 5.19. The van der Waals surface area contributed by atoms with Gasteiger partial charge in [0, 0.05) is 11.7 Å². The fraction of sp³-hybridized carbons (Fsp3) is 0.432. The average molecular weight is 600 g/mol. The highest BCUT2D eigenvalue weighted by molar-refractivity contribution is 6.00. The van der Waals surface area contributed by atoms with Gasteiger partial charge >= 0.3 is 6.09 Å². The Kier molecular flexibility index (Phi) is 11.7. The van der Waals surface area contributed by atoms with E-state index in [4.69, 9.17) is 4.74 Å². The van der Waals surface area contributed by atoms with Crippen LogP contribution < -0.4 is 10.6 Å². The maximum Gasteiger partial charge on any atom is 0.408 e. The molecule has 0 aliphatic heterocycles. The molecule has 0 heterocycles. The lowest BCUT2D eigenvalue weighted by molar-refractivity contribution is -0.144. The van der Waals surface area contributed by atoms with Crippen LogP contribution in [-0.4, -0.2) is 40.5 Å². The maximum absolute atomic E-state index is 14.6. The number of nitrogens with zero attached hydrogens (tertiary/aromatic N) is 1. The van der Waals surface area contributed by atoms with Crippen molar-refractivity contribution in [1.82, 2.24) is 10.2 Å². The predicted octanol–water partition coefficient (Wildman–Crippen LogP) is 8.37. The van der Waals surface area contributed by atoms with E-state index in [9.17, 15) is 14.4 Å². The molecule has 44 heavy (non-hydrogen) atoms. The molecule has 0 saturated heterocycles. The van der Waals surface area contributed by atoms with Gasteiger partial charge in [-0.05, 0) is 92.5 Å². The summed E-state index contributed by atoms with van der Waals surface area (Å²) in [6.07, 6.45) is 2.59. The van der Waals surface area contributed by atoms with E-state index in [2.05, 4.69) is 31.1 Å². The first kappa shape index (κ1) is 34.4. The quantitative estimate of drug-likeness (QED) is 0.219. The SMILES string of the molecule is C=Cc1cccc(C(C(=O)Nc2ccc3ccccc3c2)N(C(=O)C(NC(=O)OC(C)(C)C)C(C)C)C(C)CCC(C)C)c1. The number of fused-ring (bicyclic) bond motifs is 1. The van der Waals surface area contributed by atoms with Crippen molar-refractivity contribution in [3.63, 3.8) is 0 Å². The molecule has 3 unspecified atom stereocenters. The zero-order valence-electron chi connectivity index (χ0n) is 27.5. The minimum Gasteiger partial charge on any atom is -0.444 e. The molecule has 7 heteroatoms. The summed E-state index contributed by atoms with van der Waals surface area (Å²) >= 11 is 0. The van der Waals surface area contributed by atoms with Gasteiger partial charge in [0.2, 0.25) is 5.91 Å². The monoisotopic (exact) mass is 599 g/mol. The Morgan fingerprint density at radius 1 is 0.886 bits per heavy atom. The smallest absolute Gasteiger partial charge is 0.408 e. The number of alkyl carbamates (subject to hydrolysis) is 1. The standard InChI is InChI=1S/C37H49N3O4/c1-10-27-14-13-17-30(22-27)33(34(41)38-31-21-20-28-15-11-12-16-29(28)23-31)40(26(6)19-18-24(2)3)35(42)32(25(4)5)39-36(43)44-37(7,8)9/h10-17,20-26,32-33H,1,18-19H2,2-9H3,(H,38,41)(H,39,43). The molecule has 236 valence electrons. The molecular weight excluding hydrogens is 550 g/mol. The summed E-state index contributed by atoms with van der Waals surface area (Å²) in [6, 6.07) is 19.0. The minimum atomic E-state index is -0.974. The van der Waals surface area contributed by atoms with E-state index >= 15 is 0 Å². The van der Waals surface area contributed by atoms with Gasteiger partial charge in [0.25, 0.3) is 5.91 Å². The summed E-state index contributed by atoms with van der Waals surface area (Å²) in [7, 11) is 0. The zero-order chi connectivity index (χ0) is 32.6. The van der Waals surface area contributed by atoms with Crippen molar-refractivity contribution in [3.8, 4) is 0 Å². The van der Waals surface area contributed by atoms with Crippen molar-refractivity contribution in [3.05, 3.63) is 84.4 Å². The van der Waals surface area contributed by atoms with Crippen molar-refractivity contribution >= 4 is 40.4 Å². The van der Waals surface area contributed by atoms with E-state index in [1.54, 1.807) is 31.7 Å². The van der Waals surface area contributed by atoms with Gasteiger partial charge in [0.15, 0.2) is 0 Å². The van der Waals surface area contributed by atoms with Gasteiger partial charge in [0.1, 0.15) is 17.7 Å². The molecular formula is C37H49N3O4. The highest BCUT2D eigenvalue weighted by Gasteiger charge is 2.40. The van der Waals surface area contributed by atoms with Crippen molar-refractivity contribution in [2.45, 2.75) is 92.0 Å². The second kappa shape index (κ2) is 15.0. The van der Waals surface area contributed by atoms with E-state index in [1.165, 1.54) is 0 Å². The molecule has 0 aliphatic rings. The number of carbonyl (C=O) groups is 3. The molecule has 7 nitrogen and oxygen atoms in total. The number of hydrogen-bond donors (Lipinski definition) is 2. The minimum absolute atomic E-state index is 0.265. The number of ether oxygens (including phenoxy) is 1. The summed E-state index contributed by atoms with van der Waals surface area (Å²) in [5.74, 6) is -0.543.